The highest BCUT2D eigenvalue weighted by Gasteiger charge is 2.11. The van der Waals surface area contributed by atoms with Crippen LogP contribution in [0.5, 0.6) is 0 Å². The SMILES string of the molecule is Nc1ccc(Cl)cc1C(=O)Nc1cccnn1. The average Bonchev–Trinajstić information content (AvgIpc) is 2.33. The number of hydrogen-bond donors (Lipinski definition) is 2. The van der Waals surface area contributed by atoms with Crippen LogP contribution in [0.4, 0.5) is 11.5 Å². The van der Waals surface area contributed by atoms with Crippen molar-refractivity contribution in [2.24, 2.45) is 0 Å². The third kappa shape index (κ3) is 2.70. The second kappa shape index (κ2) is 4.80. The Morgan fingerprint density at radius 1 is 1.35 bits per heavy atom. The van der Waals surface area contributed by atoms with Crippen LogP contribution in [0.3, 0.4) is 0 Å². The molecule has 1 heterocycles. The van der Waals surface area contributed by atoms with Gasteiger partial charge in [-0.3, -0.25) is 4.79 Å². The smallest absolute Gasteiger partial charge is 0.259 e. The van der Waals surface area contributed by atoms with Crippen molar-refractivity contribution in [1.82, 2.24) is 10.2 Å². The minimum atomic E-state index is -0.370. The average molecular weight is 249 g/mol. The summed E-state index contributed by atoms with van der Waals surface area (Å²) < 4.78 is 0. The molecule has 0 fully saturated rings. The molecule has 0 atom stereocenters. The van der Waals surface area contributed by atoms with Gasteiger partial charge in [0.1, 0.15) is 0 Å². The monoisotopic (exact) mass is 248 g/mol. The van der Waals surface area contributed by atoms with E-state index < -0.39 is 0 Å². The van der Waals surface area contributed by atoms with Crippen molar-refractivity contribution in [2.75, 3.05) is 11.1 Å². The number of nitrogen functional groups attached to an aromatic ring is 1. The highest BCUT2D eigenvalue weighted by Crippen LogP contribution is 2.18. The lowest BCUT2D eigenvalue weighted by atomic mass is 10.1. The minimum Gasteiger partial charge on any atom is -0.398 e. The summed E-state index contributed by atoms with van der Waals surface area (Å²) in [4.78, 5) is 11.9. The molecule has 0 bridgehead atoms. The minimum absolute atomic E-state index is 0.308. The van der Waals surface area contributed by atoms with Gasteiger partial charge in [-0.1, -0.05) is 11.6 Å². The highest BCUT2D eigenvalue weighted by molar-refractivity contribution is 6.31. The summed E-state index contributed by atoms with van der Waals surface area (Å²) in [5.41, 5.74) is 6.35. The van der Waals surface area contributed by atoms with Crippen molar-refractivity contribution in [3.63, 3.8) is 0 Å². The summed E-state index contributed by atoms with van der Waals surface area (Å²) in [7, 11) is 0. The molecule has 0 saturated heterocycles. The maximum atomic E-state index is 11.9. The van der Waals surface area contributed by atoms with Gasteiger partial charge in [-0.25, -0.2) is 0 Å². The first-order chi connectivity index (χ1) is 8.16. The van der Waals surface area contributed by atoms with Crippen molar-refractivity contribution in [1.29, 1.82) is 0 Å². The third-order valence-electron chi connectivity index (χ3n) is 2.07. The fraction of sp³-hybridized carbons (Fsp3) is 0. The van der Waals surface area contributed by atoms with Crippen LogP contribution >= 0.6 is 11.6 Å². The van der Waals surface area contributed by atoms with Gasteiger partial charge in [0.2, 0.25) is 0 Å². The Labute approximate surface area is 103 Å². The van der Waals surface area contributed by atoms with Gasteiger partial charge in [-0.05, 0) is 30.3 Å². The quantitative estimate of drug-likeness (QED) is 0.796. The van der Waals surface area contributed by atoms with Gasteiger partial charge in [-0.2, -0.15) is 5.10 Å². The van der Waals surface area contributed by atoms with E-state index in [-0.39, 0.29) is 5.91 Å². The zero-order valence-electron chi connectivity index (χ0n) is 8.72. The molecule has 2 aromatic rings. The van der Waals surface area contributed by atoms with E-state index >= 15 is 0 Å². The van der Waals surface area contributed by atoms with Crippen molar-refractivity contribution < 1.29 is 4.79 Å². The van der Waals surface area contributed by atoms with Crippen molar-refractivity contribution in [3.05, 3.63) is 47.1 Å². The summed E-state index contributed by atoms with van der Waals surface area (Å²) in [6.07, 6.45) is 1.52. The molecule has 0 aliphatic heterocycles. The van der Waals surface area contributed by atoms with E-state index in [4.69, 9.17) is 17.3 Å². The fourth-order valence-corrected chi connectivity index (χ4v) is 1.45. The molecule has 0 spiro atoms. The number of nitrogens with zero attached hydrogens (tertiary/aromatic N) is 2. The summed E-state index contributed by atoms with van der Waals surface area (Å²) in [6.45, 7) is 0. The van der Waals surface area contributed by atoms with Crippen LogP contribution in [0, 0.1) is 0 Å². The van der Waals surface area contributed by atoms with E-state index in [0.29, 0.717) is 22.1 Å². The molecule has 0 radical (unpaired) electrons. The number of carbonyl (C=O) groups is 1. The fourth-order valence-electron chi connectivity index (χ4n) is 1.28. The van der Waals surface area contributed by atoms with Crippen LogP contribution in [-0.2, 0) is 0 Å². The van der Waals surface area contributed by atoms with E-state index in [1.807, 2.05) is 0 Å². The van der Waals surface area contributed by atoms with Crippen LogP contribution in [0.1, 0.15) is 10.4 Å². The molecule has 1 aromatic heterocycles. The number of halogens is 1. The first kappa shape index (κ1) is 11.3. The largest absolute Gasteiger partial charge is 0.398 e. The molecule has 0 aliphatic rings. The second-order valence-corrected chi connectivity index (χ2v) is 3.73. The van der Waals surface area contributed by atoms with Crippen molar-refractivity contribution in [2.45, 2.75) is 0 Å². The number of anilines is 2. The first-order valence-electron chi connectivity index (χ1n) is 4.81. The zero-order chi connectivity index (χ0) is 12.3. The van der Waals surface area contributed by atoms with Gasteiger partial charge in [0.15, 0.2) is 5.82 Å². The molecule has 1 amide bonds. The first-order valence-corrected chi connectivity index (χ1v) is 5.18. The standard InChI is InChI=1S/C11H9ClN4O/c12-7-3-4-9(13)8(6-7)11(17)15-10-2-1-5-14-16-10/h1-6H,13H2,(H,15,16,17). The normalized spacial score (nSPS) is 9.94. The Morgan fingerprint density at radius 3 is 2.88 bits per heavy atom. The van der Waals surface area contributed by atoms with E-state index in [1.165, 1.54) is 12.3 Å². The molecule has 86 valence electrons. The third-order valence-corrected chi connectivity index (χ3v) is 2.31. The summed E-state index contributed by atoms with van der Waals surface area (Å²) in [5.74, 6) is -0.0117. The molecule has 0 aliphatic carbocycles. The number of hydrogen-bond acceptors (Lipinski definition) is 4. The molecule has 0 unspecified atom stereocenters. The van der Waals surface area contributed by atoms with E-state index in [2.05, 4.69) is 15.5 Å². The molecule has 3 N–H and O–H groups in total. The molecule has 17 heavy (non-hydrogen) atoms. The summed E-state index contributed by atoms with van der Waals surface area (Å²) in [6, 6.07) is 8.00. The Kier molecular flexibility index (Phi) is 3.20. The number of nitrogens with two attached hydrogens (primary N) is 1. The Morgan fingerprint density at radius 2 is 2.18 bits per heavy atom. The van der Waals surface area contributed by atoms with Gasteiger partial charge < -0.3 is 11.1 Å². The van der Waals surface area contributed by atoms with E-state index in [9.17, 15) is 4.79 Å². The lowest BCUT2D eigenvalue weighted by Crippen LogP contribution is -2.15. The maximum Gasteiger partial charge on any atom is 0.259 e. The van der Waals surface area contributed by atoms with E-state index in [0.717, 1.165) is 0 Å². The van der Waals surface area contributed by atoms with Crippen LogP contribution in [-0.4, -0.2) is 16.1 Å². The highest BCUT2D eigenvalue weighted by atomic mass is 35.5. The predicted octanol–water partition coefficient (Wildman–Crippen LogP) is 1.96. The molecule has 1 aromatic carbocycles. The topological polar surface area (TPSA) is 80.9 Å². The maximum absolute atomic E-state index is 11.9. The lowest BCUT2D eigenvalue weighted by molar-refractivity contribution is 0.102. The van der Waals surface area contributed by atoms with Gasteiger partial charge in [0.05, 0.1) is 5.56 Å². The van der Waals surface area contributed by atoms with Crippen LogP contribution in [0.2, 0.25) is 5.02 Å². The van der Waals surface area contributed by atoms with Crippen molar-refractivity contribution in [3.8, 4) is 0 Å². The number of nitrogens with one attached hydrogen (secondary N) is 1. The van der Waals surface area contributed by atoms with Crippen LogP contribution in [0.25, 0.3) is 0 Å². The van der Waals surface area contributed by atoms with Crippen LogP contribution in [0.15, 0.2) is 36.5 Å². The van der Waals surface area contributed by atoms with Gasteiger partial charge in [-0.15, -0.1) is 5.10 Å². The van der Waals surface area contributed by atoms with Crippen molar-refractivity contribution >= 4 is 29.0 Å². The Hall–Kier alpha value is -2.14. The van der Waals surface area contributed by atoms with Gasteiger partial charge in [0.25, 0.3) is 5.91 Å². The Balaban J connectivity index is 2.23. The Bertz CT molecular complexity index is 544. The number of benzene rings is 1. The molecule has 0 saturated carbocycles. The lowest BCUT2D eigenvalue weighted by Gasteiger charge is -2.06. The molecule has 2 rings (SSSR count). The molecular formula is C11H9ClN4O. The van der Waals surface area contributed by atoms with E-state index in [1.54, 1.807) is 24.3 Å². The molecule has 6 heteroatoms. The second-order valence-electron chi connectivity index (χ2n) is 3.29. The molecule has 5 nitrogen and oxygen atoms in total. The number of aromatic nitrogens is 2. The van der Waals surface area contributed by atoms with Gasteiger partial charge in [0, 0.05) is 16.9 Å². The number of amides is 1. The number of rotatable bonds is 2. The van der Waals surface area contributed by atoms with Gasteiger partial charge >= 0.3 is 0 Å². The number of carbonyl (C=O) groups excluding carboxylic acids is 1. The van der Waals surface area contributed by atoms with Crippen LogP contribution < -0.4 is 11.1 Å². The summed E-state index contributed by atoms with van der Waals surface area (Å²) >= 11 is 5.80. The zero-order valence-corrected chi connectivity index (χ0v) is 9.48. The predicted molar refractivity (Wildman–Crippen MR) is 65.8 cm³/mol. The summed E-state index contributed by atoms with van der Waals surface area (Å²) in [5, 5.41) is 10.4. The molecular weight excluding hydrogens is 240 g/mol.